The van der Waals surface area contributed by atoms with Gasteiger partial charge in [-0.1, -0.05) is 18.2 Å². The highest BCUT2D eigenvalue weighted by atomic mass is 15.1. The van der Waals surface area contributed by atoms with Crippen LogP contribution in [0.5, 0.6) is 0 Å². The summed E-state index contributed by atoms with van der Waals surface area (Å²) >= 11 is 0. The van der Waals surface area contributed by atoms with E-state index in [1.807, 2.05) is 12.1 Å². The van der Waals surface area contributed by atoms with E-state index < -0.39 is 0 Å². The number of aryl methyl sites for hydroxylation is 1. The Labute approximate surface area is 115 Å². The van der Waals surface area contributed by atoms with Gasteiger partial charge in [-0.05, 0) is 61.2 Å². The summed E-state index contributed by atoms with van der Waals surface area (Å²) in [6.45, 7) is 7.43. The van der Waals surface area contributed by atoms with Gasteiger partial charge in [0.15, 0.2) is 0 Å². The number of benzene rings is 2. The summed E-state index contributed by atoms with van der Waals surface area (Å²) in [4.78, 5) is 2.29. The Morgan fingerprint density at radius 1 is 0.895 bits per heavy atom. The van der Waals surface area contributed by atoms with E-state index in [1.54, 1.807) is 0 Å². The molecule has 0 aliphatic carbocycles. The molecule has 0 saturated carbocycles. The van der Waals surface area contributed by atoms with Gasteiger partial charge in [0.1, 0.15) is 0 Å². The van der Waals surface area contributed by atoms with Gasteiger partial charge in [-0.2, -0.15) is 0 Å². The highest BCUT2D eigenvalue weighted by Gasteiger charge is 2.08. The van der Waals surface area contributed by atoms with Crippen molar-refractivity contribution in [3.63, 3.8) is 0 Å². The molecule has 0 heterocycles. The molecule has 2 nitrogen and oxygen atoms in total. The van der Waals surface area contributed by atoms with Crippen molar-refractivity contribution in [2.45, 2.75) is 27.3 Å². The van der Waals surface area contributed by atoms with E-state index in [-0.39, 0.29) is 0 Å². The average Bonchev–Trinajstić information content (AvgIpc) is 2.39. The molecule has 2 heteroatoms. The molecule has 2 rings (SSSR count). The zero-order valence-corrected chi connectivity index (χ0v) is 12.2. The number of hydrogen-bond donors (Lipinski definition) is 1. The number of nitrogen functional groups attached to an aromatic ring is 1. The molecule has 2 N–H and O–H groups in total. The van der Waals surface area contributed by atoms with Crippen LogP contribution in [0.1, 0.15) is 22.3 Å². The van der Waals surface area contributed by atoms with Gasteiger partial charge in [-0.15, -0.1) is 0 Å². The third kappa shape index (κ3) is 2.90. The SMILES string of the molecule is Cc1ccc(N(C)Cc2ccc(N)cc2)c(C)c1C. The maximum Gasteiger partial charge on any atom is 0.0426 e. The van der Waals surface area contributed by atoms with Crippen molar-refractivity contribution in [1.29, 1.82) is 0 Å². The van der Waals surface area contributed by atoms with Crippen LogP contribution in [0.3, 0.4) is 0 Å². The van der Waals surface area contributed by atoms with Gasteiger partial charge >= 0.3 is 0 Å². The summed E-state index contributed by atoms with van der Waals surface area (Å²) in [5.41, 5.74) is 13.2. The topological polar surface area (TPSA) is 29.3 Å². The number of anilines is 2. The molecular weight excluding hydrogens is 232 g/mol. The zero-order valence-electron chi connectivity index (χ0n) is 12.2. The van der Waals surface area contributed by atoms with E-state index >= 15 is 0 Å². The maximum atomic E-state index is 5.72. The minimum Gasteiger partial charge on any atom is -0.399 e. The molecule has 0 unspecified atom stereocenters. The summed E-state index contributed by atoms with van der Waals surface area (Å²) in [5.74, 6) is 0. The van der Waals surface area contributed by atoms with Gasteiger partial charge in [-0.3, -0.25) is 0 Å². The van der Waals surface area contributed by atoms with Crippen LogP contribution in [-0.4, -0.2) is 7.05 Å². The van der Waals surface area contributed by atoms with Gasteiger partial charge < -0.3 is 10.6 Å². The van der Waals surface area contributed by atoms with Crippen molar-refractivity contribution in [3.8, 4) is 0 Å². The highest BCUT2D eigenvalue weighted by Crippen LogP contribution is 2.25. The molecule has 0 spiro atoms. The smallest absolute Gasteiger partial charge is 0.0426 e. The Hall–Kier alpha value is -1.96. The Bertz CT molecular complexity index is 571. The third-order valence-corrected chi connectivity index (χ3v) is 3.84. The zero-order chi connectivity index (χ0) is 14.0. The first-order valence-corrected chi connectivity index (χ1v) is 6.61. The summed E-state index contributed by atoms with van der Waals surface area (Å²) in [6.07, 6.45) is 0. The molecule has 0 atom stereocenters. The molecule has 0 saturated heterocycles. The molecule has 0 bridgehead atoms. The summed E-state index contributed by atoms with van der Waals surface area (Å²) in [5, 5.41) is 0. The van der Waals surface area contributed by atoms with Gasteiger partial charge in [0, 0.05) is 25.0 Å². The average molecular weight is 254 g/mol. The van der Waals surface area contributed by atoms with E-state index in [0.29, 0.717) is 0 Å². The standard InChI is InChI=1S/C17H22N2/c1-12-5-10-17(14(3)13(12)2)19(4)11-15-6-8-16(18)9-7-15/h5-10H,11,18H2,1-4H3. The largest absolute Gasteiger partial charge is 0.399 e. The summed E-state index contributed by atoms with van der Waals surface area (Å²) in [7, 11) is 2.13. The normalized spacial score (nSPS) is 10.5. The number of nitrogens with zero attached hydrogens (tertiary/aromatic N) is 1. The van der Waals surface area contributed by atoms with Crippen LogP contribution in [0.25, 0.3) is 0 Å². The van der Waals surface area contributed by atoms with Gasteiger partial charge in [0.25, 0.3) is 0 Å². The monoisotopic (exact) mass is 254 g/mol. The Morgan fingerprint density at radius 2 is 1.53 bits per heavy atom. The highest BCUT2D eigenvalue weighted by molar-refractivity contribution is 5.57. The van der Waals surface area contributed by atoms with Crippen molar-refractivity contribution in [2.75, 3.05) is 17.7 Å². The van der Waals surface area contributed by atoms with Crippen LogP contribution in [-0.2, 0) is 6.54 Å². The first kappa shape index (κ1) is 13.5. The maximum absolute atomic E-state index is 5.72. The van der Waals surface area contributed by atoms with Gasteiger partial charge in [0.05, 0.1) is 0 Å². The van der Waals surface area contributed by atoms with E-state index in [1.165, 1.54) is 27.9 Å². The summed E-state index contributed by atoms with van der Waals surface area (Å²) in [6, 6.07) is 12.5. The molecule has 0 aliphatic rings. The van der Waals surface area contributed by atoms with Crippen LogP contribution in [0.4, 0.5) is 11.4 Å². The molecule has 100 valence electrons. The van der Waals surface area contributed by atoms with Crippen molar-refractivity contribution >= 4 is 11.4 Å². The van der Waals surface area contributed by atoms with Crippen molar-refractivity contribution in [3.05, 3.63) is 58.7 Å². The minimum atomic E-state index is 0.814. The van der Waals surface area contributed by atoms with E-state index in [2.05, 4.69) is 57.0 Å². The predicted molar refractivity (Wildman–Crippen MR) is 83.6 cm³/mol. The second kappa shape index (κ2) is 5.35. The predicted octanol–water partition coefficient (Wildman–Crippen LogP) is 3.83. The minimum absolute atomic E-state index is 0.814. The van der Waals surface area contributed by atoms with Gasteiger partial charge in [0.2, 0.25) is 0 Å². The van der Waals surface area contributed by atoms with Crippen LogP contribution >= 0.6 is 0 Å². The van der Waals surface area contributed by atoms with Crippen molar-refractivity contribution < 1.29 is 0 Å². The van der Waals surface area contributed by atoms with Crippen LogP contribution in [0, 0.1) is 20.8 Å². The molecule has 0 aromatic heterocycles. The fourth-order valence-corrected chi connectivity index (χ4v) is 2.34. The Balaban J connectivity index is 2.23. The lowest BCUT2D eigenvalue weighted by atomic mass is 10.0. The van der Waals surface area contributed by atoms with Crippen LogP contribution < -0.4 is 10.6 Å². The summed E-state index contributed by atoms with van der Waals surface area (Å²) < 4.78 is 0. The second-order valence-corrected chi connectivity index (χ2v) is 5.25. The molecule has 2 aromatic rings. The molecule has 19 heavy (non-hydrogen) atoms. The second-order valence-electron chi connectivity index (χ2n) is 5.25. The van der Waals surface area contributed by atoms with E-state index in [4.69, 9.17) is 5.73 Å². The third-order valence-electron chi connectivity index (χ3n) is 3.84. The van der Waals surface area contributed by atoms with Crippen molar-refractivity contribution in [2.24, 2.45) is 0 Å². The lowest BCUT2D eigenvalue weighted by Crippen LogP contribution is -2.18. The first-order valence-electron chi connectivity index (χ1n) is 6.61. The van der Waals surface area contributed by atoms with E-state index in [9.17, 15) is 0 Å². The lowest BCUT2D eigenvalue weighted by Gasteiger charge is -2.23. The fourth-order valence-electron chi connectivity index (χ4n) is 2.34. The first-order chi connectivity index (χ1) is 8.99. The van der Waals surface area contributed by atoms with Gasteiger partial charge in [-0.25, -0.2) is 0 Å². The Kier molecular flexibility index (Phi) is 3.79. The molecule has 0 aliphatic heterocycles. The van der Waals surface area contributed by atoms with Crippen LogP contribution in [0.2, 0.25) is 0 Å². The quantitative estimate of drug-likeness (QED) is 0.843. The molecular formula is C17H22N2. The Morgan fingerprint density at radius 3 is 2.16 bits per heavy atom. The van der Waals surface area contributed by atoms with E-state index in [0.717, 1.165) is 12.2 Å². The number of hydrogen-bond acceptors (Lipinski definition) is 2. The fraction of sp³-hybridized carbons (Fsp3) is 0.294. The number of nitrogens with two attached hydrogens (primary N) is 1. The molecule has 0 amide bonds. The molecule has 0 fully saturated rings. The molecule has 0 radical (unpaired) electrons. The van der Waals surface area contributed by atoms with Crippen LogP contribution in [0.15, 0.2) is 36.4 Å². The number of rotatable bonds is 3. The van der Waals surface area contributed by atoms with Crippen molar-refractivity contribution in [1.82, 2.24) is 0 Å². The molecule has 2 aromatic carbocycles. The lowest BCUT2D eigenvalue weighted by molar-refractivity contribution is 0.914.